The zero-order chi connectivity index (χ0) is 25.6. The average molecular weight is 498 g/mol. The third-order valence-electron chi connectivity index (χ3n) is 12.4. The first-order valence-electron chi connectivity index (χ1n) is 14.8. The molecule has 5 fully saturated rings. The summed E-state index contributed by atoms with van der Waals surface area (Å²) in [7, 11) is 0. The van der Waals surface area contributed by atoms with Gasteiger partial charge in [0.1, 0.15) is 11.8 Å². The van der Waals surface area contributed by atoms with Gasteiger partial charge in [-0.25, -0.2) is 0 Å². The van der Waals surface area contributed by atoms with E-state index in [1.807, 2.05) is 0 Å². The highest BCUT2D eigenvalue weighted by molar-refractivity contribution is 5.74. The normalized spacial score (nSPS) is 51.6. The molecule has 1 amide bonds. The van der Waals surface area contributed by atoms with Crippen molar-refractivity contribution in [3.63, 3.8) is 0 Å². The van der Waals surface area contributed by atoms with Gasteiger partial charge in [-0.15, -0.1) is 0 Å². The summed E-state index contributed by atoms with van der Waals surface area (Å²) >= 11 is 0. The van der Waals surface area contributed by atoms with Crippen molar-refractivity contribution in [2.24, 2.45) is 46.3 Å². The topological polar surface area (TPSA) is 55.8 Å². The molecule has 0 aromatic rings. The van der Waals surface area contributed by atoms with E-state index in [2.05, 4.69) is 38.7 Å². The fraction of sp³-hybridized carbons (Fsp3) is 0.871. The Balaban J connectivity index is 1.26. The molecule has 36 heavy (non-hydrogen) atoms. The number of carbonyl (C=O) groups is 2. The molecule has 0 aromatic carbocycles. The van der Waals surface area contributed by atoms with E-state index in [1.54, 1.807) is 12.5 Å². The molecule has 6 rings (SSSR count). The first-order chi connectivity index (χ1) is 17.0. The lowest BCUT2D eigenvalue weighted by Gasteiger charge is -2.59. The lowest BCUT2D eigenvalue weighted by Crippen LogP contribution is -2.60. The Morgan fingerprint density at radius 2 is 1.83 bits per heavy atom. The second-order valence-electron chi connectivity index (χ2n) is 14.1. The molecule has 0 radical (unpaired) electrons. The van der Waals surface area contributed by atoms with E-state index in [0.29, 0.717) is 23.7 Å². The summed E-state index contributed by atoms with van der Waals surface area (Å²) in [6.45, 7) is 13.9. The SMILES string of the molecule is CC(=O)O[C@H]1CC[C@@]2(C)C(=CC[C@@H]3[C@H]4C[C@H]5O[C@]6(CC[C@@H](C)CN6C(C)=O)[C@H](C)[C@H]5[C@@]4(C)CC[C@H]32)C1. The Morgan fingerprint density at radius 3 is 2.56 bits per heavy atom. The van der Waals surface area contributed by atoms with Crippen molar-refractivity contribution in [3.05, 3.63) is 11.6 Å². The van der Waals surface area contributed by atoms with Crippen LogP contribution in [-0.4, -0.2) is 41.3 Å². The standard InChI is InChI=1S/C31H47NO4/c1-18-9-14-31(32(17-18)20(3)33)19(2)28-27(36-31)16-26-24-8-7-22-15-23(35-21(4)34)10-12-29(22,5)25(24)11-13-30(26,28)6/h7,18-19,23-28H,8-17H2,1-6H3/t18-,19-,23+,24+,25-,26-,27-,28-,29+,30+,31-/m1/s1. The molecule has 0 bridgehead atoms. The second kappa shape index (κ2) is 8.32. The summed E-state index contributed by atoms with van der Waals surface area (Å²) in [5.41, 5.74) is 1.70. The van der Waals surface area contributed by atoms with Gasteiger partial charge in [-0.05, 0) is 91.8 Å². The van der Waals surface area contributed by atoms with Crippen LogP contribution in [-0.2, 0) is 19.1 Å². The minimum atomic E-state index is -0.390. The summed E-state index contributed by atoms with van der Waals surface area (Å²) in [4.78, 5) is 26.5. The van der Waals surface area contributed by atoms with Crippen LogP contribution in [0.5, 0.6) is 0 Å². The fourth-order valence-electron chi connectivity index (χ4n) is 10.8. The number of amides is 1. The zero-order valence-electron chi connectivity index (χ0n) is 23.3. The van der Waals surface area contributed by atoms with Gasteiger partial charge in [-0.3, -0.25) is 9.59 Å². The van der Waals surface area contributed by atoms with Crippen LogP contribution in [0.15, 0.2) is 11.6 Å². The van der Waals surface area contributed by atoms with Gasteiger partial charge >= 0.3 is 5.97 Å². The van der Waals surface area contributed by atoms with E-state index in [1.165, 1.54) is 26.2 Å². The highest BCUT2D eigenvalue weighted by Gasteiger charge is 2.69. The van der Waals surface area contributed by atoms with Crippen LogP contribution in [0.25, 0.3) is 0 Å². The number of likely N-dealkylation sites (tertiary alicyclic amines) is 1. The maximum absolute atomic E-state index is 12.8. The number of fused-ring (bicyclic) bond motifs is 7. The molecule has 6 aliphatic rings. The maximum atomic E-state index is 12.8. The van der Waals surface area contributed by atoms with Gasteiger partial charge < -0.3 is 14.4 Å². The Labute approximate surface area is 217 Å². The van der Waals surface area contributed by atoms with E-state index in [0.717, 1.165) is 56.9 Å². The van der Waals surface area contributed by atoms with Gasteiger partial charge in [0, 0.05) is 32.7 Å². The minimum Gasteiger partial charge on any atom is -0.462 e. The van der Waals surface area contributed by atoms with Crippen LogP contribution < -0.4 is 0 Å². The number of esters is 1. The summed E-state index contributed by atoms with van der Waals surface area (Å²) in [6, 6.07) is 0. The Kier molecular flexibility index (Phi) is 5.76. The summed E-state index contributed by atoms with van der Waals surface area (Å²) < 4.78 is 12.7. The smallest absolute Gasteiger partial charge is 0.302 e. The van der Waals surface area contributed by atoms with Crippen LogP contribution in [0.3, 0.4) is 0 Å². The molecule has 0 unspecified atom stereocenters. The quantitative estimate of drug-likeness (QED) is 0.324. The molecular weight excluding hydrogens is 450 g/mol. The van der Waals surface area contributed by atoms with Crippen molar-refractivity contribution < 1.29 is 19.1 Å². The zero-order valence-corrected chi connectivity index (χ0v) is 23.3. The minimum absolute atomic E-state index is 0.0611. The number of piperidine rings is 1. The van der Waals surface area contributed by atoms with Gasteiger partial charge in [0.25, 0.3) is 0 Å². The van der Waals surface area contributed by atoms with Gasteiger partial charge in [0.05, 0.1) is 6.10 Å². The number of nitrogens with zero attached hydrogens (tertiary/aromatic N) is 1. The molecule has 2 aliphatic heterocycles. The van der Waals surface area contributed by atoms with E-state index >= 15 is 0 Å². The lowest BCUT2D eigenvalue weighted by atomic mass is 9.46. The molecule has 3 saturated carbocycles. The molecule has 5 heteroatoms. The van der Waals surface area contributed by atoms with Gasteiger partial charge in [0.15, 0.2) is 0 Å². The Bertz CT molecular complexity index is 976. The van der Waals surface area contributed by atoms with Crippen LogP contribution in [0, 0.1) is 46.3 Å². The van der Waals surface area contributed by atoms with Gasteiger partial charge in [-0.1, -0.05) is 39.3 Å². The van der Waals surface area contributed by atoms with Crippen molar-refractivity contribution in [1.29, 1.82) is 0 Å². The van der Waals surface area contributed by atoms with Crippen molar-refractivity contribution in [3.8, 4) is 0 Å². The number of allylic oxidation sites excluding steroid dienone is 1. The number of ether oxygens (including phenoxy) is 2. The van der Waals surface area contributed by atoms with Crippen molar-refractivity contribution in [2.75, 3.05) is 6.54 Å². The van der Waals surface area contributed by atoms with E-state index in [4.69, 9.17) is 9.47 Å². The first kappa shape index (κ1) is 24.9. The number of hydrogen-bond donors (Lipinski definition) is 0. The molecule has 2 saturated heterocycles. The third kappa shape index (κ3) is 3.36. The van der Waals surface area contributed by atoms with Crippen LogP contribution in [0.1, 0.15) is 99.3 Å². The number of rotatable bonds is 1. The second-order valence-corrected chi connectivity index (χ2v) is 14.1. The maximum Gasteiger partial charge on any atom is 0.302 e. The summed E-state index contributed by atoms with van der Waals surface area (Å²) in [6.07, 6.45) is 13.0. The monoisotopic (exact) mass is 497 g/mol. The van der Waals surface area contributed by atoms with E-state index in [-0.39, 0.29) is 40.6 Å². The highest BCUT2D eigenvalue weighted by atomic mass is 16.5. The molecule has 5 nitrogen and oxygen atoms in total. The molecule has 4 aliphatic carbocycles. The Morgan fingerprint density at radius 1 is 1.06 bits per heavy atom. The predicted molar refractivity (Wildman–Crippen MR) is 139 cm³/mol. The van der Waals surface area contributed by atoms with Crippen LogP contribution >= 0.6 is 0 Å². The summed E-state index contributed by atoms with van der Waals surface area (Å²) in [5.74, 6) is 3.64. The van der Waals surface area contributed by atoms with Crippen molar-refractivity contribution >= 4 is 11.9 Å². The van der Waals surface area contributed by atoms with Gasteiger partial charge in [0.2, 0.25) is 5.91 Å². The van der Waals surface area contributed by atoms with Crippen LogP contribution in [0.2, 0.25) is 0 Å². The number of carbonyl (C=O) groups excluding carboxylic acids is 2. The average Bonchev–Trinajstić information content (AvgIpc) is 3.26. The van der Waals surface area contributed by atoms with Crippen molar-refractivity contribution in [1.82, 2.24) is 4.90 Å². The molecule has 1 spiro atoms. The third-order valence-corrected chi connectivity index (χ3v) is 12.4. The van der Waals surface area contributed by atoms with Gasteiger partial charge in [-0.2, -0.15) is 0 Å². The highest BCUT2D eigenvalue weighted by Crippen LogP contribution is 2.70. The predicted octanol–water partition coefficient (Wildman–Crippen LogP) is 6.12. The Hall–Kier alpha value is -1.36. The van der Waals surface area contributed by atoms with E-state index in [9.17, 15) is 9.59 Å². The molecule has 0 N–H and O–H groups in total. The fourth-order valence-corrected chi connectivity index (χ4v) is 10.8. The van der Waals surface area contributed by atoms with E-state index < -0.39 is 0 Å². The molecule has 0 aromatic heterocycles. The molecule has 2 heterocycles. The van der Waals surface area contributed by atoms with Crippen LogP contribution in [0.4, 0.5) is 0 Å². The number of hydrogen-bond acceptors (Lipinski definition) is 4. The largest absolute Gasteiger partial charge is 0.462 e. The lowest BCUT2D eigenvalue weighted by molar-refractivity contribution is -0.200. The first-order valence-corrected chi connectivity index (χ1v) is 14.8. The summed E-state index contributed by atoms with van der Waals surface area (Å²) in [5, 5.41) is 0. The molecule has 200 valence electrons. The molecule has 11 atom stereocenters. The van der Waals surface area contributed by atoms with Crippen molar-refractivity contribution in [2.45, 2.75) is 117 Å². The molecular formula is C31H47NO4.